The van der Waals surface area contributed by atoms with E-state index in [4.69, 9.17) is 4.74 Å². The first kappa shape index (κ1) is 15.6. The zero-order valence-electron chi connectivity index (χ0n) is 11.0. The van der Waals surface area contributed by atoms with E-state index in [9.17, 15) is 9.00 Å². The third kappa shape index (κ3) is 4.64. The van der Waals surface area contributed by atoms with Gasteiger partial charge >= 0.3 is 5.97 Å². The maximum atomic E-state index is 12.2. The Hall–Kier alpha value is -0.380. The smallest absolute Gasteiger partial charge is 0.321 e. The van der Waals surface area contributed by atoms with Gasteiger partial charge in [0.15, 0.2) is 0 Å². The fourth-order valence-corrected chi connectivity index (χ4v) is 3.12. The summed E-state index contributed by atoms with van der Waals surface area (Å²) >= 11 is 0. The topological polar surface area (TPSA) is 43.4 Å². The summed E-state index contributed by atoms with van der Waals surface area (Å²) in [6.07, 6.45) is 2.57. The first-order valence-corrected chi connectivity index (χ1v) is 7.20. The minimum Gasteiger partial charge on any atom is -0.468 e. The van der Waals surface area contributed by atoms with Crippen molar-refractivity contribution >= 4 is 16.8 Å². The van der Waals surface area contributed by atoms with E-state index < -0.39 is 16.0 Å². The Morgan fingerprint density at radius 3 is 2.25 bits per heavy atom. The van der Waals surface area contributed by atoms with E-state index in [1.807, 2.05) is 20.8 Å². The van der Waals surface area contributed by atoms with Crippen molar-refractivity contribution in [3.8, 4) is 0 Å². The highest BCUT2D eigenvalue weighted by Crippen LogP contribution is 2.18. The van der Waals surface area contributed by atoms with E-state index in [0.717, 1.165) is 12.8 Å². The molecular weight excluding hydrogens is 224 g/mol. The monoisotopic (exact) mass is 248 g/mol. The third-order valence-electron chi connectivity index (χ3n) is 2.87. The van der Waals surface area contributed by atoms with Gasteiger partial charge in [-0.2, -0.15) is 0 Å². The summed E-state index contributed by atoms with van der Waals surface area (Å²) in [5.74, 6) is -0.0195. The SMILES string of the molecule is CCCCC(C(=O)OC)S(=O)C(C)C(C)C. The molecule has 0 amide bonds. The highest BCUT2D eigenvalue weighted by atomic mass is 32.2. The number of ether oxygens (including phenoxy) is 1. The molecule has 3 atom stereocenters. The lowest BCUT2D eigenvalue weighted by atomic mass is 10.1. The molecule has 96 valence electrons. The molecule has 0 aromatic heterocycles. The van der Waals surface area contributed by atoms with Crippen molar-refractivity contribution in [1.82, 2.24) is 0 Å². The fraction of sp³-hybridized carbons (Fsp3) is 0.917. The lowest BCUT2D eigenvalue weighted by Gasteiger charge is -2.21. The molecule has 0 N–H and O–H groups in total. The molecule has 3 nitrogen and oxygen atoms in total. The number of unbranched alkanes of at least 4 members (excludes halogenated alkanes) is 1. The molecule has 0 rings (SSSR count). The fourth-order valence-electron chi connectivity index (χ4n) is 1.38. The normalized spacial score (nSPS) is 16.9. The minimum absolute atomic E-state index is 0.0287. The van der Waals surface area contributed by atoms with E-state index in [1.165, 1.54) is 7.11 Å². The minimum atomic E-state index is -1.14. The number of hydrogen-bond donors (Lipinski definition) is 0. The number of methoxy groups -OCH3 is 1. The van der Waals surface area contributed by atoms with Crippen LogP contribution in [0.5, 0.6) is 0 Å². The molecule has 0 aromatic rings. The zero-order chi connectivity index (χ0) is 12.7. The highest BCUT2D eigenvalue weighted by Gasteiger charge is 2.30. The average Bonchev–Trinajstić information content (AvgIpc) is 2.27. The third-order valence-corrected chi connectivity index (χ3v) is 5.14. The van der Waals surface area contributed by atoms with Crippen molar-refractivity contribution in [3.05, 3.63) is 0 Å². The van der Waals surface area contributed by atoms with Crippen molar-refractivity contribution < 1.29 is 13.7 Å². The van der Waals surface area contributed by atoms with Crippen LogP contribution in [0.3, 0.4) is 0 Å². The van der Waals surface area contributed by atoms with Gasteiger partial charge in [0, 0.05) is 16.0 Å². The second kappa shape index (κ2) is 7.82. The number of carbonyl (C=O) groups is 1. The predicted octanol–water partition coefficient (Wildman–Crippen LogP) is 2.51. The molecule has 0 heterocycles. The van der Waals surface area contributed by atoms with Gasteiger partial charge in [-0.25, -0.2) is 0 Å². The van der Waals surface area contributed by atoms with Crippen LogP contribution < -0.4 is 0 Å². The Kier molecular flexibility index (Phi) is 7.64. The van der Waals surface area contributed by atoms with Gasteiger partial charge in [-0.3, -0.25) is 9.00 Å². The molecule has 0 fully saturated rings. The van der Waals surface area contributed by atoms with Crippen molar-refractivity contribution in [3.63, 3.8) is 0 Å². The second-order valence-corrected chi connectivity index (χ2v) is 6.40. The summed E-state index contributed by atoms with van der Waals surface area (Å²) in [5.41, 5.74) is 0. The molecule has 0 saturated carbocycles. The van der Waals surface area contributed by atoms with Crippen LogP contribution >= 0.6 is 0 Å². The highest BCUT2D eigenvalue weighted by molar-refractivity contribution is 7.87. The van der Waals surface area contributed by atoms with Crippen LogP contribution in [0.4, 0.5) is 0 Å². The average molecular weight is 248 g/mol. The van der Waals surface area contributed by atoms with Crippen LogP contribution in [-0.2, 0) is 20.3 Å². The Labute approximate surface area is 101 Å². The molecule has 4 heteroatoms. The van der Waals surface area contributed by atoms with Crippen LogP contribution in [0.15, 0.2) is 0 Å². The molecule has 0 spiro atoms. The molecule has 0 aromatic carbocycles. The lowest BCUT2D eigenvalue weighted by Crippen LogP contribution is -2.34. The Morgan fingerprint density at radius 1 is 1.31 bits per heavy atom. The van der Waals surface area contributed by atoms with E-state index in [2.05, 4.69) is 6.92 Å². The van der Waals surface area contributed by atoms with Gasteiger partial charge in [-0.1, -0.05) is 40.5 Å². The molecular formula is C12H24O3S. The number of hydrogen-bond acceptors (Lipinski definition) is 3. The van der Waals surface area contributed by atoms with Crippen LogP contribution in [0.25, 0.3) is 0 Å². The van der Waals surface area contributed by atoms with Gasteiger partial charge < -0.3 is 4.74 Å². The van der Waals surface area contributed by atoms with Crippen molar-refractivity contribution in [1.29, 1.82) is 0 Å². The predicted molar refractivity (Wildman–Crippen MR) is 67.8 cm³/mol. The van der Waals surface area contributed by atoms with E-state index in [0.29, 0.717) is 12.3 Å². The Balaban J connectivity index is 4.61. The maximum Gasteiger partial charge on any atom is 0.321 e. The summed E-state index contributed by atoms with van der Waals surface area (Å²) in [7, 11) is 0.221. The number of rotatable bonds is 7. The van der Waals surface area contributed by atoms with Crippen molar-refractivity contribution in [2.45, 2.75) is 57.5 Å². The quantitative estimate of drug-likeness (QED) is 0.650. The van der Waals surface area contributed by atoms with Crippen LogP contribution in [0.1, 0.15) is 47.0 Å². The van der Waals surface area contributed by atoms with E-state index >= 15 is 0 Å². The summed E-state index contributed by atoms with van der Waals surface area (Å²) in [5, 5.41) is -0.427. The molecule has 0 bridgehead atoms. The summed E-state index contributed by atoms with van der Waals surface area (Å²) in [6.45, 7) is 8.04. The molecule has 0 aliphatic carbocycles. The molecule has 0 radical (unpaired) electrons. The number of carbonyl (C=O) groups excluding carboxylic acids is 1. The standard InChI is InChI=1S/C12H24O3S/c1-6-7-8-11(12(13)15-5)16(14)10(4)9(2)3/h9-11H,6-8H2,1-5H3. The number of esters is 1. The van der Waals surface area contributed by atoms with E-state index in [-0.39, 0.29) is 11.2 Å². The molecule has 0 aliphatic heterocycles. The van der Waals surface area contributed by atoms with Gasteiger partial charge in [0.1, 0.15) is 5.25 Å². The molecule has 16 heavy (non-hydrogen) atoms. The van der Waals surface area contributed by atoms with Gasteiger partial charge in [-0.15, -0.1) is 0 Å². The summed E-state index contributed by atoms with van der Waals surface area (Å²) in [6, 6.07) is 0. The maximum absolute atomic E-state index is 12.2. The van der Waals surface area contributed by atoms with Crippen LogP contribution in [0.2, 0.25) is 0 Å². The second-order valence-electron chi connectivity index (χ2n) is 4.43. The van der Waals surface area contributed by atoms with Gasteiger partial charge in [-0.05, 0) is 12.3 Å². The zero-order valence-corrected chi connectivity index (χ0v) is 11.8. The first-order valence-electron chi connectivity index (χ1n) is 5.92. The molecule has 0 saturated heterocycles. The van der Waals surface area contributed by atoms with Crippen molar-refractivity contribution in [2.24, 2.45) is 5.92 Å². The largest absolute Gasteiger partial charge is 0.468 e. The van der Waals surface area contributed by atoms with Crippen LogP contribution in [0, 0.1) is 5.92 Å². The van der Waals surface area contributed by atoms with E-state index in [1.54, 1.807) is 0 Å². The summed E-state index contributed by atoms with van der Waals surface area (Å²) < 4.78 is 16.9. The Bertz CT molecular complexity index is 238. The molecule has 0 aliphatic rings. The van der Waals surface area contributed by atoms with Gasteiger partial charge in [0.05, 0.1) is 7.11 Å². The first-order chi connectivity index (χ1) is 7.45. The van der Waals surface area contributed by atoms with Gasteiger partial charge in [0.2, 0.25) is 0 Å². The molecule has 3 unspecified atom stereocenters. The van der Waals surface area contributed by atoms with Crippen LogP contribution in [-0.4, -0.2) is 27.8 Å². The van der Waals surface area contributed by atoms with Gasteiger partial charge in [0.25, 0.3) is 0 Å². The lowest BCUT2D eigenvalue weighted by molar-refractivity contribution is -0.140. The Morgan fingerprint density at radius 2 is 1.88 bits per heavy atom. The van der Waals surface area contributed by atoms with Crippen molar-refractivity contribution in [2.75, 3.05) is 7.11 Å². The summed E-state index contributed by atoms with van der Waals surface area (Å²) in [4.78, 5) is 11.6.